The highest BCUT2D eigenvalue weighted by molar-refractivity contribution is 7.80. The first-order valence-electron chi connectivity index (χ1n) is 2.49. The molecule has 1 saturated heterocycles. The summed E-state index contributed by atoms with van der Waals surface area (Å²) in [6.45, 7) is 1.81. The van der Waals surface area contributed by atoms with Crippen molar-refractivity contribution < 1.29 is 0 Å². The molecule has 1 aliphatic heterocycles. The molecule has 8 heavy (non-hydrogen) atoms. The van der Waals surface area contributed by atoms with Crippen LogP contribution in [-0.4, -0.2) is 35.2 Å². The predicted octanol–water partition coefficient (Wildman–Crippen LogP) is -0.608. The number of nitrogens with two attached hydrogens (primary N) is 1. The van der Waals surface area contributed by atoms with Crippen LogP contribution in [0.3, 0.4) is 0 Å². The Morgan fingerprint density at radius 1 is 1.62 bits per heavy atom. The minimum Gasteiger partial charge on any atom is -0.349 e. The second-order valence-corrected chi connectivity index (χ2v) is 2.26. The van der Waals surface area contributed by atoms with E-state index in [1.165, 1.54) is 0 Å². The molecule has 0 bridgehead atoms. The van der Waals surface area contributed by atoms with Gasteiger partial charge in [0.05, 0.1) is 6.54 Å². The normalized spacial score (nSPS) is 20.5. The summed E-state index contributed by atoms with van der Waals surface area (Å²) in [5, 5.41) is 2.32. The summed E-state index contributed by atoms with van der Waals surface area (Å²) < 4.78 is 0. The monoisotopic (exact) mass is 131 g/mol. The largest absolute Gasteiger partial charge is 0.349 e. The summed E-state index contributed by atoms with van der Waals surface area (Å²) >= 11 is 4.89. The molecule has 46 valence electrons. The van der Waals surface area contributed by atoms with Gasteiger partial charge in [0, 0.05) is 13.6 Å². The Labute approximate surface area is 54.0 Å². The molecule has 2 N–H and O–H groups in total. The van der Waals surface area contributed by atoms with E-state index in [0.717, 1.165) is 18.2 Å². The summed E-state index contributed by atoms with van der Waals surface area (Å²) in [5.41, 5.74) is 0. The maximum Gasteiger partial charge on any atom is 0.185 e. The number of likely N-dealkylation sites (N-methyl/N-ethyl adjacent to an activating group) is 1. The smallest absolute Gasteiger partial charge is 0.185 e. The van der Waals surface area contributed by atoms with Crippen molar-refractivity contribution in [2.75, 3.05) is 20.1 Å². The zero-order valence-electron chi connectivity index (χ0n) is 4.79. The van der Waals surface area contributed by atoms with Crippen LogP contribution >= 0.6 is 12.2 Å². The van der Waals surface area contributed by atoms with E-state index in [-0.39, 0.29) is 0 Å². The molecule has 0 amide bonds. The van der Waals surface area contributed by atoms with Crippen molar-refractivity contribution in [2.45, 2.75) is 0 Å². The molecule has 0 spiro atoms. The van der Waals surface area contributed by atoms with E-state index in [9.17, 15) is 0 Å². The Balaban J connectivity index is 2.57. The summed E-state index contributed by atoms with van der Waals surface area (Å²) in [6.07, 6.45) is 0. The maximum atomic E-state index is 5.42. The van der Waals surface area contributed by atoms with Gasteiger partial charge in [-0.05, 0) is 12.2 Å². The Morgan fingerprint density at radius 2 is 2.25 bits per heavy atom. The zero-order chi connectivity index (χ0) is 6.15. The minimum absolute atomic E-state index is 0.741. The van der Waals surface area contributed by atoms with Crippen LogP contribution in [0.5, 0.6) is 0 Å². The summed E-state index contributed by atoms with van der Waals surface area (Å²) in [6, 6.07) is 0. The quantitative estimate of drug-likeness (QED) is 0.351. The van der Waals surface area contributed by atoms with E-state index in [2.05, 4.69) is 0 Å². The summed E-state index contributed by atoms with van der Waals surface area (Å²) in [7, 11) is 1.94. The fraction of sp³-hybridized carbons (Fsp3) is 0.750. The van der Waals surface area contributed by atoms with Gasteiger partial charge in [0.25, 0.3) is 0 Å². The molecular formula is C4H9N3S. The van der Waals surface area contributed by atoms with Crippen LogP contribution in [0.25, 0.3) is 0 Å². The van der Waals surface area contributed by atoms with E-state index in [1.54, 1.807) is 5.01 Å². The highest BCUT2D eigenvalue weighted by atomic mass is 32.1. The molecule has 0 aromatic heterocycles. The van der Waals surface area contributed by atoms with Crippen LogP contribution in [0, 0.1) is 0 Å². The van der Waals surface area contributed by atoms with Crippen LogP contribution in [0.15, 0.2) is 0 Å². The van der Waals surface area contributed by atoms with E-state index in [1.807, 2.05) is 11.9 Å². The molecule has 3 nitrogen and oxygen atoms in total. The van der Waals surface area contributed by atoms with Crippen molar-refractivity contribution >= 4 is 17.3 Å². The first-order chi connectivity index (χ1) is 3.72. The third kappa shape index (κ3) is 0.763. The highest BCUT2D eigenvalue weighted by Crippen LogP contribution is 1.99. The number of hydrogen-bond acceptors (Lipinski definition) is 2. The number of hydrazine groups is 1. The lowest BCUT2D eigenvalue weighted by Crippen LogP contribution is -2.34. The van der Waals surface area contributed by atoms with Crippen molar-refractivity contribution in [1.82, 2.24) is 9.91 Å². The molecule has 0 atom stereocenters. The zero-order valence-corrected chi connectivity index (χ0v) is 5.61. The maximum absolute atomic E-state index is 5.42. The number of nitrogens with zero attached hydrogens (tertiary/aromatic N) is 2. The molecule has 0 radical (unpaired) electrons. The van der Waals surface area contributed by atoms with Crippen LogP contribution < -0.4 is 5.84 Å². The fourth-order valence-corrected chi connectivity index (χ4v) is 0.851. The van der Waals surface area contributed by atoms with Gasteiger partial charge >= 0.3 is 0 Å². The van der Waals surface area contributed by atoms with Crippen molar-refractivity contribution in [3.63, 3.8) is 0 Å². The van der Waals surface area contributed by atoms with Crippen molar-refractivity contribution in [3.8, 4) is 0 Å². The number of rotatable bonds is 0. The third-order valence-electron chi connectivity index (χ3n) is 1.25. The van der Waals surface area contributed by atoms with Crippen molar-refractivity contribution in [3.05, 3.63) is 0 Å². The van der Waals surface area contributed by atoms with Crippen LogP contribution in [0.1, 0.15) is 0 Å². The van der Waals surface area contributed by atoms with Gasteiger partial charge in [-0.1, -0.05) is 0 Å². The second-order valence-electron chi connectivity index (χ2n) is 1.90. The average Bonchev–Trinajstić information content (AvgIpc) is 1.98. The number of thiocarbonyl (C=S) groups is 1. The Morgan fingerprint density at radius 3 is 2.38 bits per heavy atom. The van der Waals surface area contributed by atoms with Gasteiger partial charge in [0.15, 0.2) is 5.11 Å². The average molecular weight is 131 g/mol. The molecule has 0 aromatic rings. The Hall–Kier alpha value is -0.350. The van der Waals surface area contributed by atoms with Gasteiger partial charge in [0.1, 0.15) is 0 Å². The van der Waals surface area contributed by atoms with Crippen LogP contribution in [0.4, 0.5) is 0 Å². The molecule has 0 saturated carbocycles. The molecule has 0 aliphatic carbocycles. The lowest BCUT2D eigenvalue weighted by atomic mass is 10.7. The third-order valence-corrected chi connectivity index (χ3v) is 1.79. The molecule has 0 aromatic carbocycles. The van der Waals surface area contributed by atoms with Crippen LogP contribution in [-0.2, 0) is 0 Å². The van der Waals surface area contributed by atoms with E-state index in [0.29, 0.717) is 0 Å². The first-order valence-corrected chi connectivity index (χ1v) is 2.90. The summed E-state index contributed by atoms with van der Waals surface area (Å²) in [5.74, 6) is 5.42. The van der Waals surface area contributed by atoms with Crippen molar-refractivity contribution in [2.24, 2.45) is 5.84 Å². The second kappa shape index (κ2) is 1.87. The molecular weight excluding hydrogens is 122 g/mol. The first kappa shape index (κ1) is 5.78. The Bertz CT molecular complexity index is 102. The highest BCUT2D eigenvalue weighted by Gasteiger charge is 2.17. The predicted molar refractivity (Wildman–Crippen MR) is 36.1 cm³/mol. The molecule has 1 fully saturated rings. The van der Waals surface area contributed by atoms with Gasteiger partial charge in [-0.3, -0.25) is 5.01 Å². The van der Waals surface area contributed by atoms with E-state index < -0.39 is 0 Å². The van der Waals surface area contributed by atoms with E-state index in [4.69, 9.17) is 18.1 Å². The SMILES string of the molecule is CN1CCN(N)C1=S. The molecule has 1 aliphatic rings. The van der Waals surface area contributed by atoms with Gasteiger partial charge in [-0.25, -0.2) is 5.84 Å². The van der Waals surface area contributed by atoms with Crippen molar-refractivity contribution in [1.29, 1.82) is 0 Å². The van der Waals surface area contributed by atoms with Gasteiger partial charge < -0.3 is 4.90 Å². The standard InChI is InChI=1S/C4H9N3S/c1-6-2-3-7(5)4(6)8/h2-3,5H2,1H3. The van der Waals surface area contributed by atoms with Gasteiger partial charge in [-0.15, -0.1) is 0 Å². The number of hydrogen-bond donors (Lipinski definition) is 1. The molecule has 0 unspecified atom stereocenters. The summed E-state index contributed by atoms with van der Waals surface area (Å²) in [4.78, 5) is 1.95. The van der Waals surface area contributed by atoms with Crippen LogP contribution in [0.2, 0.25) is 0 Å². The van der Waals surface area contributed by atoms with Gasteiger partial charge in [-0.2, -0.15) is 0 Å². The lowest BCUT2D eigenvalue weighted by molar-refractivity contribution is 0.495. The van der Waals surface area contributed by atoms with E-state index >= 15 is 0 Å². The topological polar surface area (TPSA) is 32.5 Å². The Kier molecular flexibility index (Phi) is 1.35. The minimum atomic E-state index is 0.741. The lowest BCUT2D eigenvalue weighted by Gasteiger charge is -2.11. The molecule has 4 heteroatoms. The van der Waals surface area contributed by atoms with Gasteiger partial charge in [0.2, 0.25) is 0 Å². The molecule has 1 rings (SSSR count). The fourth-order valence-electron chi connectivity index (χ4n) is 0.668. The molecule has 1 heterocycles.